The molecule has 2 aromatic heterocycles. The predicted molar refractivity (Wildman–Crippen MR) is 129 cm³/mol. The molecule has 4 aromatic rings. The number of hydrogen-bond acceptors (Lipinski definition) is 4. The number of fused-ring (bicyclic) bond motifs is 1. The monoisotopic (exact) mass is 450 g/mol. The summed E-state index contributed by atoms with van der Waals surface area (Å²) in [5.41, 5.74) is 7.82. The van der Waals surface area contributed by atoms with Crippen molar-refractivity contribution in [3.63, 3.8) is 0 Å². The van der Waals surface area contributed by atoms with E-state index in [4.69, 9.17) is 22.3 Å². The molecular formula is C24H27ClN4OSi. The van der Waals surface area contributed by atoms with Gasteiger partial charge in [-0.05, 0) is 34.0 Å². The minimum Gasteiger partial charge on any atom is -0.424 e. The topological polar surface area (TPSA) is 76.4 Å². The Bertz CT molecular complexity index is 1120. The quantitative estimate of drug-likeness (QED) is 0.423. The van der Waals surface area contributed by atoms with E-state index in [2.05, 4.69) is 18.9 Å². The zero-order chi connectivity index (χ0) is 22.1. The Labute approximate surface area is 188 Å². The molecular weight excluding hydrogens is 424 g/mol. The molecule has 0 bridgehead atoms. The first-order chi connectivity index (χ1) is 14.8. The molecule has 0 fully saturated rings. The molecule has 0 amide bonds. The summed E-state index contributed by atoms with van der Waals surface area (Å²) in [7, 11) is -3.12. The molecule has 31 heavy (non-hydrogen) atoms. The first kappa shape index (κ1) is 21.7. The van der Waals surface area contributed by atoms with Crippen molar-refractivity contribution in [3.8, 4) is 0 Å². The van der Waals surface area contributed by atoms with Gasteiger partial charge in [-0.1, -0.05) is 86.1 Å². The third-order valence-corrected chi connectivity index (χ3v) is 10.8. The zero-order valence-corrected chi connectivity index (χ0v) is 19.5. The molecule has 0 aliphatic rings. The molecule has 0 saturated heterocycles. The van der Waals surface area contributed by atoms with Crippen LogP contribution in [-0.4, -0.2) is 34.3 Å². The van der Waals surface area contributed by atoms with Crippen molar-refractivity contribution in [1.29, 1.82) is 0 Å². The summed E-state index contributed by atoms with van der Waals surface area (Å²) in [6.07, 6.45) is 2.58. The van der Waals surface area contributed by atoms with Gasteiger partial charge in [-0.15, -0.1) is 0 Å². The number of benzene rings is 2. The molecule has 0 saturated carbocycles. The van der Waals surface area contributed by atoms with Crippen LogP contribution in [0.3, 0.4) is 0 Å². The van der Waals surface area contributed by atoms with E-state index >= 15 is 0 Å². The predicted octanol–water partition coefficient (Wildman–Crippen LogP) is 3.35. The lowest BCUT2D eigenvalue weighted by Gasteiger charge is -2.42. The maximum absolute atomic E-state index is 12.4. The van der Waals surface area contributed by atoms with E-state index in [1.165, 1.54) is 0 Å². The van der Waals surface area contributed by atoms with Gasteiger partial charge < -0.3 is 10.5 Å². The highest BCUT2D eigenvalue weighted by Crippen LogP contribution is 2.43. The molecule has 0 aliphatic heterocycles. The molecule has 0 radical (unpaired) electrons. The summed E-state index contributed by atoms with van der Waals surface area (Å²) in [4.78, 5) is 17.1. The van der Waals surface area contributed by atoms with Gasteiger partial charge in [0, 0.05) is 12.5 Å². The highest BCUT2D eigenvalue weighted by Gasteiger charge is 2.50. The van der Waals surface area contributed by atoms with Crippen molar-refractivity contribution in [2.75, 3.05) is 6.54 Å². The zero-order valence-electron chi connectivity index (χ0n) is 17.7. The second-order valence-corrected chi connectivity index (χ2v) is 12.9. The van der Waals surface area contributed by atoms with E-state index in [1.54, 1.807) is 10.6 Å². The van der Waals surface area contributed by atoms with Gasteiger partial charge in [0.2, 0.25) is 0 Å². The van der Waals surface area contributed by atoms with E-state index in [9.17, 15) is 4.80 Å². The van der Waals surface area contributed by atoms with Crippen molar-refractivity contribution < 1.29 is 4.80 Å². The van der Waals surface area contributed by atoms with E-state index in [1.807, 2.05) is 72.9 Å². The van der Waals surface area contributed by atoms with Crippen LogP contribution < -0.4 is 16.1 Å². The minimum absolute atomic E-state index is 0.0260. The molecule has 2 heterocycles. The Morgan fingerprint density at radius 1 is 1.00 bits per heavy atom. The Morgan fingerprint density at radius 3 is 2.13 bits per heavy atom. The second-order valence-electron chi connectivity index (χ2n) is 8.59. The van der Waals surface area contributed by atoms with Crippen LogP contribution in [0.15, 0.2) is 79.0 Å². The number of hydrogen-bond donors (Lipinski definition) is 2. The summed E-state index contributed by atoms with van der Waals surface area (Å²) in [5, 5.41) is 6.27. The van der Waals surface area contributed by atoms with Crippen molar-refractivity contribution in [3.05, 3.63) is 89.8 Å². The molecule has 2 aromatic carbocycles. The highest BCUT2D eigenvalue weighted by molar-refractivity contribution is 6.98. The van der Waals surface area contributed by atoms with Crippen LogP contribution >= 0.6 is 11.6 Å². The molecule has 1 unspecified atom stereocenters. The van der Waals surface area contributed by atoms with Gasteiger partial charge in [0.1, 0.15) is 5.15 Å². The third-order valence-electron chi connectivity index (χ3n) is 6.13. The Morgan fingerprint density at radius 2 is 1.58 bits per heavy atom. The lowest BCUT2D eigenvalue weighted by Crippen LogP contribution is -2.65. The van der Waals surface area contributed by atoms with Crippen molar-refractivity contribution >= 4 is 35.9 Å². The standard InChI is InChI=1S/C24H27ClN4OSi/c1-24(2,15-18(16-26)21-17-29-23(27-21)14-13-22(25)28-29)31(30,19-9-5-3-6-10-19)20-11-7-4-8-12-20/h3-14,17-18,30H,15-16,26H2,1-2H3. The number of aromatic nitrogens is 3. The Kier molecular flexibility index (Phi) is 5.99. The first-order valence-corrected chi connectivity index (χ1v) is 12.7. The molecule has 7 heteroatoms. The van der Waals surface area contributed by atoms with Crippen LogP contribution in [0.1, 0.15) is 31.9 Å². The Hall–Kier alpha value is -2.51. The fourth-order valence-corrected chi connectivity index (χ4v) is 8.39. The number of halogens is 1. The van der Waals surface area contributed by atoms with Gasteiger partial charge in [0.15, 0.2) is 5.65 Å². The SMILES string of the molecule is CC(C)(CC(CN)c1cn2nc(Cl)ccc2n1)[Si](O)(c1ccccc1)c1ccccc1. The van der Waals surface area contributed by atoms with Gasteiger partial charge >= 0.3 is 0 Å². The lowest BCUT2D eigenvalue weighted by molar-refractivity contribution is 0.434. The third kappa shape index (κ3) is 4.04. The molecule has 1 atom stereocenters. The summed E-state index contributed by atoms with van der Waals surface area (Å²) < 4.78 is 1.69. The van der Waals surface area contributed by atoms with Crippen LogP contribution in [0.2, 0.25) is 10.2 Å². The van der Waals surface area contributed by atoms with Crippen LogP contribution in [0.4, 0.5) is 0 Å². The molecule has 5 nitrogen and oxygen atoms in total. The van der Waals surface area contributed by atoms with Gasteiger partial charge in [-0.3, -0.25) is 0 Å². The molecule has 0 aliphatic carbocycles. The fraction of sp³-hybridized carbons (Fsp3) is 0.250. The van der Waals surface area contributed by atoms with E-state index in [0.29, 0.717) is 18.1 Å². The maximum Gasteiger partial charge on any atom is 0.258 e. The summed E-state index contributed by atoms with van der Waals surface area (Å²) >= 11 is 6.03. The van der Waals surface area contributed by atoms with Crippen molar-refractivity contribution in [2.45, 2.75) is 31.2 Å². The van der Waals surface area contributed by atoms with Crippen LogP contribution in [0.25, 0.3) is 5.65 Å². The summed E-state index contributed by atoms with van der Waals surface area (Å²) in [5.74, 6) is -0.0260. The smallest absolute Gasteiger partial charge is 0.258 e. The lowest BCUT2D eigenvalue weighted by atomic mass is 9.94. The highest BCUT2D eigenvalue weighted by atomic mass is 35.5. The first-order valence-electron chi connectivity index (χ1n) is 10.4. The fourth-order valence-electron chi connectivity index (χ4n) is 4.45. The normalized spacial score (nSPS) is 13.5. The van der Waals surface area contributed by atoms with Crippen molar-refractivity contribution in [2.24, 2.45) is 5.73 Å². The summed E-state index contributed by atoms with van der Waals surface area (Å²) in [6.45, 7) is 4.72. The number of rotatable bonds is 7. The van der Waals surface area contributed by atoms with Gasteiger partial charge in [0.25, 0.3) is 8.32 Å². The average molecular weight is 451 g/mol. The average Bonchev–Trinajstić information content (AvgIpc) is 3.21. The van der Waals surface area contributed by atoms with E-state index in [0.717, 1.165) is 21.7 Å². The van der Waals surface area contributed by atoms with E-state index < -0.39 is 13.4 Å². The Balaban J connectivity index is 1.75. The number of imidazole rings is 1. The van der Waals surface area contributed by atoms with Crippen LogP contribution in [0, 0.1) is 0 Å². The van der Waals surface area contributed by atoms with Crippen molar-refractivity contribution in [1.82, 2.24) is 14.6 Å². The molecule has 0 spiro atoms. The molecule has 3 N–H and O–H groups in total. The van der Waals surface area contributed by atoms with Crippen LogP contribution in [-0.2, 0) is 0 Å². The van der Waals surface area contributed by atoms with Gasteiger partial charge in [0.05, 0.1) is 11.9 Å². The van der Waals surface area contributed by atoms with Crippen LogP contribution in [0.5, 0.6) is 0 Å². The maximum atomic E-state index is 12.4. The van der Waals surface area contributed by atoms with Gasteiger partial charge in [-0.2, -0.15) is 5.10 Å². The second kappa shape index (κ2) is 8.55. The largest absolute Gasteiger partial charge is 0.424 e. The van der Waals surface area contributed by atoms with Gasteiger partial charge in [-0.25, -0.2) is 9.50 Å². The molecule has 4 rings (SSSR count). The molecule has 160 valence electrons. The van der Waals surface area contributed by atoms with E-state index in [-0.39, 0.29) is 5.92 Å². The minimum atomic E-state index is -3.12. The number of nitrogens with zero attached hydrogens (tertiary/aromatic N) is 3. The number of nitrogens with two attached hydrogens (primary N) is 1. The summed E-state index contributed by atoms with van der Waals surface area (Å²) in [6, 6.07) is 23.6.